The third-order valence-corrected chi connectivity index (χ3v) is 11.6. The summed E-state index contributed by atoms with van der Waals surface area (Å²) in [5.41, 5.74) is -3.64. The molecule has 19 heteroatoms. The number of nitrogens with one attached hydrogen (secondary N) is 2. The van der Waals surface area contributed by atoms with Crippen LogP contribution in [-0.2, 0) is 31.7 Å². The van der Waals surface area contributed by atoms with E-state index in [4.69, 9.17) is 13.4 Å². The number of nitrogens with zero attached hydrogens (tertiary/aromatic N) is 7. The number of rotatable bonds is 9. The van der Waals surface area contributed by atoms with Gasteiger partial charge in [0, 0.05) is 78.5 Å². The van der Waals surface area contributed by atoms with Crippen LogP contribution in [0.3, 0.4) is 0 Å². The fourth-order valence-electron chi connectivity index (χ4n) is 7.73. The van der Waals surface area contributed by atoms with Gasteiger partial charge in [-0.05, 0) is 46.0 Å². The van der Waals surface area contributed by atoms with Crippen LogP contribution in [0.4, 0.5) is 13.2 Å². The molecule has 65 heavy (non-hydrogen) atoms. The van der Waals surface area contributed by atoms with Crippen molar-refractivity contribution in [2.45, 2.75) is 82.6 Å². The molecule has 0 amide bonds. The van der Waals surface area contributed by atoms with Crippen molar-refractivity contribution in [1.82, 2.24) is 44.7 Å². The maximum absolute atomic E-state index is 14.3. The Morgan fingerprint density at radius 1 is 0.846 bits per heavy atom. The molecule has 1 fully saturated rings. The molecule has 0 bridgehead atoms. The van der Waals surface area contributed by atoms with Crippen LogP contribution in [0, 0.1) is 37.5 Å². The van der Waals surface area contributed by atoms with E-state index in [0.717, 1.165) is 25.0 Å². The molecule has 16 nitrogen and oxygen atoms in total. The number of pyridine rings is 2. The lowest BCUT2D eigenvalue weighted by molar-refractivity contribution is -0.240. The molecule has 1 saturated carbocycles. The van der Waals surface area contributed by atoms with Crippen LogP contribution in [0.5, 0.6) is 0 Å². The van der Waals surface area contributed by atoms with Crippen LogP contribution in [0.15, 0.2) is 71.7 Å². The number of fused-ring (bicyclic) bond motifs is 2. The van der Waals surface area contributed by atoms with Crippen LogP contribution >= 0.6 is 0 Å². The van der Waals surface area contributed by atoms with Gasteiger partial charge in [0.2, 0.25) is 29.2 Å². The summed E-state index contributed by atoms with van der Waals surface area (Å²) in [6, 6.07) is 8.10. The molecule has 0 saturated heterocycles. The summed E-state index contributed by atoms with van der Waals surface area (Å²) in [7, 11) is 3.04. The summed E-state index contributed by atoms with van der Waals surface area (Å²) in [5.74, 6) is 11.8. The second-order valence-electron chi connectivity index (χ2n) is 16.6. The molecular formula is C46H40F3N9O7. The summed E-state index contributed by atoms with van der Waals surface area (Å²) >= 11 is 0. The van der Waals surface area contributed by atoms with E-state index >= 15 is 0 Å². The summed E-state index contributed by atoms with van der Waals surface area (Å²) in [5, 5.41) is 44.2. The van der Waals surface area contributed by atoms with Gasteiger partial charge in [-0.3, -0.25) is 9.59 Å². The van der Waals surface area contributed by atoms with Crippen molar-refractivity contribution in [3.8, 4) is 46.6 Å². The second kappa shape index (κ2) is 15.6. The Morgan fingerprint density at radius 3 is 2.00 bits per heavy atom. The summed E-state index contributed by atoms with van der Waals surface area (Å²) in [6.45, 7) is 6.78. The number of aromatic amines is 2. The van der Waals surface area contributed by atoms with Gasteiger partial charge in [-0.25, -0.2) is 0 Å². The van der Waals surface area contributed by atoms with Crippen molar-refractivity contribution in [2.75, 3.05) is 0 Å². The molecule has 4 N–H and O–H groups in total. The zero-order chi connectivity index (χ0) is 46.2. The maximum Gasteiger partial charge on any atom is 0.433 e. The van der Waals surface area contributed by atoms with Gasteiger partial charge < -0.3 is 42.7 Å². The van der Waals surface area contributed by atoms with Crippen LogP contribution in [0.1, 0.15) is 96.3 Å². The number of alkyl halides is 3. The van der Waals surface area contributed by atoms with E-state index in [1.54, 1.807) is 33.2 Å². The van der Waals surface area contributed by atoms with Gasteiger partial charge in [0.15, 0.2) is 5.60 Å². The lowest BCUT2D eigenvalue weighted by Crippen LogP contribution is -2.41. The summed E-state index contributed by atoms with van der Waals surface area (Å²) in [6.07, 6.45) is 0.430. The fraction of sp³-hybridized carbons (Fsp3) is 0.326. The van der Waals surface area contributed by atoms with E-state index in [1.807, 2.05) is 12.8 Å². The van der Waals surface area contributed by atoms with Crippen molar-refractivity contribution in [3.05, 3.63) is 121 Å². The van der Waals surface area contributed by atoms with Gasteiger partial charge in [-0.15, -0.1) is 20.4 Å². The Morgan fingerprint density at radius 2 is 1.42 bits per heavy atom. The molecule has 7 heterocycles. The maximum atomic E-state index is 14.3. The number of hydrogen-bond acceptors (Lipinski definition) is 12. The van der Waals surface area contributed by atoms with Gasteiger partial charge in [0.1, 0.15) is 22.5 Å². The summed E-state index contributed by atoms with van der Waals surface area (Å²) in [4.78, 5) is 32.5. The van der Waals surface area contributed by atoms with Gasteiger partial charge >= 0.3 is 6.18 Å². The van der Waals surface area contributed by atoms with Gasteiger partial charge in [0.05, 0.1) is 22.3 Å². The Balaban J connectivity index is 0.954. The SMILES string of the molecule is Cc1[nH]c2c(=O)n(C)cc(C#CC(O)(c3ccccc3)C(F)(F)F)c2c1-c1nnc(C(C)CCc2cc([C@](C)(O)C#Cc3cn(C)c(=O)c4[nH]c(C)c(-c5nnc(C6CC6)o5)c34)no2)o1. The highest BCUT2D eigenvalue weighted by molar-refractivity contribution is 6.00. The highest BCUT2D eigenvalue weighted by atomic mass is 19.4. The minimum absolute atomic E-state index is 0.00426. The first-order valence-corrected chi connectivity index (χ1v) is 20.6. The molecule has 1 aromatic carbocycles. The van der Waals surface area contributed by atoms with Crippen LogP contribution < -0.4 is 11.1 Å². The van der Waals surface area contributed by atoms with E-state index in [-0.39, 0.29) is 62.8 Å². The molecule has 7 aromatic heterocycles. The van der Waals surface area contributed by atoms with E-state index in [1.165, 1.54) is 47.5 Å². The van der Waals surface area contributed by atoms with Crippen LogP contribution in [0.25, 0.3) is 44.7 Å². The third kappa shape index (κ3) is 7.62. The van der Waals surface area contributed by atoms with E-state index in [2.05, 4.69) is 53.3 Å². The van der Waals surface area contributed by atoms with E-state index < -0.39 is 28.5 Å². The Kier molecular flexibility index (Phi) is 10.3. The molecule has 2 unspecified atom stereocenters. The van der Waals surface area contributed by atoms with Gasteiger partial charge in [0.25, 0.3) is 11.1 Å². The molecule has 0 aliphatic heterocycles. The van der Waals surface area contributed by atoms with Crippen molar-refractivity contribution in [1.29, 1.82) is 0 Å². The molecule has 1 aliphatic rings. The molecule has 0 radical (unpaired) electrons. The number of hydrogen-bond donors (Lipinski definition) is 4. The van der Waals surface area contributed by atoms with Crippen molar-refractivity contribution in [3.63, 3.8) is 0 Å². The van der Waals surface area contributed by atoms with E-state index in [9.17, 15) is 33.0 Å². The molecule has 332 valence electrons. The minimum atomic E-state index is -5.15. The molecule has 0 spiro atoms. The van der Waals surface area contributed by atoms with Crippen molar-refractivity contribution in [2.24, 2.45) is 14.1 Å². The van der Waals surface area contributed by atoms with Crippen LogP contribution in [-0.4, -0.2) is 61.0 Å². The van der Waals surface area contributed by atoms with Gasteiger partial charge in [-0.1, -0.05) is 60.2 Å². The Hall–Kier alpha value is -7.48. The van der Waals surface area contributed by atoms with Gasteiger partial charge in [-0.2, -0.15) is 13.2 Å². The Bertz CT molecular complexity index is 3410. The minimum Gasteiger partial charge on any atom is -0.420 e. The number of aliphatic hydroxyl groups is 2. The predicted octanol–water partition coefficient (Wildman–Crippen LogP) is 6.43. The number of aryl methyl sites for hydroxylation is 5. The zero-order valence-corrected chi connectivity index (χ0v) is 35.8. The van der Waals surface area contributed by atoms with E-state index in [0.29, 0.717) is 57.9 Å². The van der Waals surface area contributed by atoms with Crippen molar-refractivity contribution < 1.29 is 36.7 Å². The predicted molar refractivity (Wildman–Crippen MR) is 228 cm³/mol. The standard InChI is InChI=1S/C46H40F3N9O7/c1-23(38-52-54-40(63-38)32-24(2)50-37-35(32)28(22-58(6)43(37)60)17-19-45(62,46(47,48)49)29-10-8-7-9-11-29)12-15-30-20-31(56-65-30)44(4,61)18-16-27-21-57(5)42(59)36-34(27)33(25(3)51-36)41-55-53-39(64-41)26-13-14-26/h7-11,20-23,26,50-51,61-62H,12-15H2,1-6H3/t23?,44-,45?/m1/s1. The molecule has 1 aliphatic carbocycles. The van der Waals surface area contributed by atoms with Crippen LogP contribution in [0.2, 0.25) is 0 Å². The first kappa shape index (κ1) is 42.8. The highest BCUT2D eigenvalue weighted by Crippen LogP contribution is 2.42. The van der Waals surface area contributed by atoms with Crippen molar-refractivity contribution >= 4 is 21.8 Å². The normalized spacial score (nSPS) is 15.3. The monoisotopic (exact) mass is 887 g/mol. The fourth-order valence-corrected chi connectivity index (χ4v) is 7.73. The smallest absolute Gasteiger partial charge is 0.420 e. The quantitative estimate of drug-likeness (QED) is 0.115. The Labute approximate surface area is 366 Å². The average molecular weight is 888 g/mol. The topological polar surface area (TPSA) is 220 Å². The number of aromatic nitrogens is 9. The first-order chi connectivity index (χ1) is 30.8. The zero-order valence-electron chi connectivity index (χ0n) is 35.8. The molecule has 3 atom stereocenters. The molecule has 9 rings (SSSR count). The number of H-pyrrole nitrogens is 2. The highest BCUT2D eigenvalue weighted by Gasteiger charge is 2.54. The lowest BCUT2D eigenvalue weighted by atomic mass is 9.93. The lowest BCUT2D eigenvalue weighted by Gasteiger charge is -2.25. The third-order valence-electron chi connectivity index (χ3n) is 11.6. The largest absolute Gasteiger partial charge is 0.433 e. The number of benzene rings is 1. The first-order valence-electron chi connectivity index (χ1n) is 20.6. The summed E-state index contributed by atoms with van der Waals surface area (Å²) < 4.78 is 63.3. The molecule has 8 aromatic rings. The second-order valence-corrected chi connectivity index (χ2v) is 16.6. The molecular weight excluding hydrogens is 848 g/mol. The average Bonchev–Trinajstić information content (AvgIpc) is 3.76. The number of halogens is 3.